The molecule has 248 valence electrons. The lowest BCUT2D eigenvalue weighted by molar-refractivity contribution is -0.141. The molecular formula is C40H44N4O4. The smallest absolute Gasteiger partial charge is 0.305 e. The molecule has 2 N–H and O–H groups in total. The Kier molecular flexibility index (Phi) is 8.86. The lowest BCUT2D eigenvalue weighted by Gasteiger charge is -2.17. The van der Waals surface area contributed by atoms with Crippen LogP contribution in [0.4, 0.5) is 0 Å². The molecule has 0 spiro atoms. The molecule has 8 heteroatoms. The highest BCUT2D eigenvalue weighted by Gasteiger charge is 2.32. The average molecular weight is 645 g/mol. The number of aromatic nitrogens is 4. The Hall–Kier alpha value is -4.98. The highest BCUT2D eigenvalue weighted by molar-refractivity contribution is 5.96. The predicted octanol–water partition coefficient (Wildman–Crippen LogP) is 8.28. The number of H-pyrrole nitrogens is 2. The van der Waals surface area contributed by atoms with Gasteiger partial charge >= 0.3 is 11.9 Å². The van der Waals surface area contributed by atoms with Crippen molar-refractivity contribution < 1.29 is 19.1 Å². The molecule has 2 aliphatic heterocycles. The van der Waals surface area contributed by atoms with Gasteiger partial charge in [0.25, 0.3) is 0 Å². The van der Waals surface area contributed by atoms with E-state index in [-0.39, 0.29) is 30.2 Å². The number of hydrogen-bond donors (Lipinski definition) is 2. The van der Waals surface area contributed by atoms with Crippen molar-refractivity contribution in [2.24, 2.45) is 0 Å². The molecule has 8 nitrogen and oxygen atoms in total. The molecule has 5 heterocycles. The van der Waals surface area contributed by atoms with E-state index >= 15 is 0 Å². The fourth-order valence-electron chi connectivity index (χ4n) is 6.92. The van der Waals surface area contributed by atoms with Crippen LogP contribution in [-0.4, -0.2) is 46.1 Å². The molecule has 6 rings (SSSR count). The number of nitrogens with zero attached hydrogens (tertiary/aromatic N) is 2. The molecule has 0 unspecified atom stereocenters. The van der Waals surface area contributed by atoms with E-state index in [2.05, 4.69) is 94.0 Å². The Morgan fingerprint density at radius 3 is 1.88 bits per heavy atom. The minimum atomic E-state index is -0.259. The van der Waals surface area contributed by atoms with Gasteiger partial charge in [-0.3, -0.25) is 14.6 Å². The van der Waals surface area contributed by atoms with Crippen LogP contribution in [0.25, 0.3) is 44.3 Å². The topological polar surface area (TPSA) is 110 Å². The van der Waals surface area contributed by atoms with E-state index in [0.29, 0.717) is 12.8 Å². The number of nitrogens with one attached hydrogen (secondary N) is 2. The molecule has 0 fully saturated rings. The van der Waals surface area contributed by atoms with Crippen LogP contribution in [0.1, 0.15) is 85.6 Å². The Labute approximate surface area is 281 Å². The van der Waals surface area contributed by atoms with Gasteiger partial charge in [0.1, 0.15) is 0 Å². The molecule has 0 aliphatic carbocycles. The summed E-state index contributed by atoms with van der Waals surface area (Å²) in [5.74, 6) is -0.515. The first-order valence-electron chi connectivity index (χ1n) is 16.5. The minimum Gasteiger partial charge on any atom is -0.469 e. The van der Waals surface area contributed by atoms with Gasteiger partial charge in [-0.25, -0.2) is 4.98 Å². The number of carbonyl (C=O) groups excluding carboxylic acids is 2. The number of aryl methyl sites for hydroxylation is 4. The predicted molar refractivity (Wildman–Crippen MR) is 191 cm³/mol. The zero-order valence-electron chi connectivity index (χ0n) is 29.2. The molecular weight excluding hydrogens is 600 g/mol. The first-order valence-corrected chi connectivity index (χ1v) is 16.5. The fraction of sp³-hybridized carbons (Fsp3) is 0.350. The summed E-state index contributed by atoms with van der Waals surface area (Å²) in [6, 6.07) is 16.8. The van der Waals surface area contributed by atoms with E-state index < -0.39 is 0 Å². The molecule has 48 heavy (non-hydrogen) atoms. The number of rotatable bonds is 7. The van der Waals surface area contributed by atoms with Gasteiger partial charge < -0.3 is 19.4 Å². The van der Waals surface area contributed by atoms with Crippen molar-refractivity contribution in [2.75, 3.05) is 14.2 Å². The summed E-state index contributed by atoms with van der Waals surface area (Å²) in [6.07, 6.45) is 2.31. The molecule has 0 saturated heterocycles. The number of aromatic amines is 2. The van der Waals surface area contributed by atoms with Crippen LogP contribution in [0.5, 0.6) is 0 Å². The normalized spacial score (nSPS) is 13.9. The maximum Gasteiger partial charge on any atom is 0.305 e. The highest BCUT2D eigenvalue weighted by Crippen LogP contribution is 2.41. The number of methoxy groups -OCH3 is 2. The van der Waals surface area contributed by atoms with E-state index in [0.717, 1.165) is 95.8 Å². The van der Waals surface area contributed by atoms with Crippen LogP contribution in [-0.2, 0) is 43.7 Å². The van der Waals surface area contributed by atoms with Gasteiger partial charge in [-0.15, -0.1) is 0 Å². The fourth-order valence-corrected chi connectivity index (χ4v) is 6.92. The molecule has 0 saturated carbocycles. The molecule has 3 aromatic heterocycles. The Balaban J connectivity index is 1.77. The number of carbonyl (C=O) groups is 2. The molecule has 2 aliphatic rings. The summed E-state index contributed by atoms with van der Waals surface area (Å²) in [7, 11) is 2.83. The number of fused-ring (bicyclic) bond motifs is 8. The van der Waals surface area contributed by atoms with E-state index in [1.54, 1.807) is 0 Å². The number of allylic oxidation sites excluding steroid dienone is 2. The van der Waals surface area contributed by atoms with Crippen LogP contribution < -0.4 is 0 Å². The standard InChI is InChI=1S/C40H44N4O4/c1-22-23(2)39-38(26-12-10-9-11-13-26)34-21-40(5,6)35(43-34)20-31-25(4)28(15-17-37(46)48-8)33(42-31)19-32-27(14-16-36(45)47-7)24(3)30(41-32)18-29(22)44-39/h9-13,18-20,41-42H,14-17,21H2,1-8H3. The summed E-state index contributed by atoms with van der Waals surface area (Å²) in [4.78, 5) is 42.5. The average Bonchev–Trinajstić information content (AvgIpc) is 3.72. The number of hydrogen-bond acceptors (Lipinski definition) is 6. The van der Waals surface area contributed by atoms with Crippen molar-refractivity contribution in [1.29, 1.82) is 0 Å². The molecule has 4 aromatic rings. The number of esters is 2. The van der Waals surface area contributed by atoms with Gasteiger partial charge in [0.2, 0.25) is 0 Å². The van der Waals surface area contributed by atoms with Crippen LogP contribution in [0.3, 0.4) is 0 Å². The van der Waals surface area contributed by atoms with Gasteiger partial charge in [-0.2, -0.15) is 0 Å². The SMILES string of the molecule is COC(=O)CCc1c(C)c2cc3nc(c(-c4ccccc4)c4nc(cc5[nH]c(cc1[nH]2)c(CCC(=O)OC)c5C)C(C)(C)C4)C(C)=C3C. The first-order chi connectivity index (χ1) is 22.9. The van der Waals surface area contributed by atoms with Crippen LogP contribution in [0, 0.1) is 13.8 Å². The molecule has 0 amide bonds. The van der Waals surface area contributed by atoms with Crippen LogP contribution in [0.2, 0.25) is 0 Å². The van der Waals surface area contributed by atoms with Crippen molar-refractivity contribution in [3.63, 3.8) is 0 Å². The van der Waals surface area contributed by atoms with Crippen LogP contribution in [0.15, 0.2) is 48.5 Å². The third-order valence-corrected chi connectivity index (χ3v) is 10.0. The Morgan fingerprint density at radius 2 is 1.31 bits per heavy atom. The quantitative estimate of drug-likeness (QED) is 0.196. The summed E-state index contributed by atoms with van der Waals surface area (Å²) in [6.45, 7) is 12.9. The summed E-state index contributed by atoms with van der Waals surface area (Å²) < 4.78 is 9.99. The van der Waals surface area contributed by atoms with Crippen molar-refractivity contribution in [3.8, 4) is 11.1 Å². The zero-order valence-corrected chi connectivity index (χ0v) is 29.2. The van der Waals surface area contributed by atoms with E-state index in [4.69, 9.17) is 19.4 Å². The maximum absolute atomic E-state index is 12.3. The highest BCUT2D eigenvalue weighted by atomic mass is 16.5. The second-order valence-corrected chi connectivity index (χ2v) is 13.5. The third-order valence-electron chi connectivity index (χ3n) is 10.0. The van der Waals surface area contributed by atoms with E-state index in [1.165, 1.54) is 14.2 Å². The molecule has 1 aromatic carbocycles. The molecule has 0 atom stereocenters. The first kappa shape index (κ1) is 32.9. The third kappa shape index (κ3) is 6.07. The lowest BCUT2D eigenvalue weighted by Crippen LogP contribution is -2.15. The maximum atomic E-state index is 12.3. The second kappa shape index (κ2) is 12.9. The van der Waals surface area contributed by atoms with Gasteiger partial charge in [-0.05, 0) is 97.7 Å². The van der Waals surface area contributed by atoms with Crippen molar-refractivity contribution in [2.45, 2.75) is 79.1 Å². The van der Waals surface area contributed by atoms with Gasteiger partial charge in [-0.1, -0.05) is 44.2 Å². The Bertz CT molecular complexity index is 2130. The van der Waals surface area contributed by atoms with Gasteiger partial charge in [0.15, 0.2) is 0 Å². The molecule has 0 radical (unpaired) electrons. The Morgan fingerprint density at radius 1 is 0.750 bits per heavy atom. The monoisotopic (exact) mass is 644 g/mol. The van der Waals surface area contributed by atoms with Gasteiger partial charge in [0.05, 0.1) is 31.3 Å². The summed E-state index contributed by atoms with van der Waals surface area (Å²) in [5.41, 5.74) is 15.9. The number of ether oxygens (including phenoxy) is 2. The molecule has 8 bridgehead atoms. The second-order valence-electron chi connectivity index (χ2n) is 13.5. The minimum absolute atomic E-state index is 0.229. The lowest BCUT2D eigenvalue weighted by atomic mass is 9.85. The van der Waals surface area contributed by atoms with Crippen molar-refractivity contribution >= 4 is 45.2 Å². The van der Waals surface area contributed by atoms with E-state index in [1.807, 2.05) is 6.07 Å². The number of benzene rings is 1. The van der Waals surface area contributed by atoms with Gasteiger partial charge in [0, 0.05) is 58.0 Å². The van der Waals surface area contributed by atoms with Crippen molar-refractivity contribution in [3.05, 3.63) is 93.6 Å². The largest absolute Gasteiger partial charge is 0.469 e. The van der Waals surface area contributed by atoms with Crippen molar-refractivity contribution in [1.82, 2.24) is 19.9 Å². The van der Waals surface area contributed by atoms with Crippen LogP contribution >= 0.6 is 0 Å². The zero-order chi connectivity index (χ0) is 34.3. The summed E-state index contributed by atoms with van der Waals surface area (Å²) in [5, 5.41) is 0. The van der Waals surface area contributed by atoms with E-state index in [9.17, 15) is 9.59 Å². The summed E-state index contributed by atoms with van der Waals surface area (Å²) >= 11 is 0.